The minimum Gasteiger partial charge on any atom is -0.496 e. The Morgan fingerprint density at radius 1 is 1.31 bits per heavy atom. The standard InChI is InChI=1S/C21H25FN2O2/c1-24-12-4-7-18(24)10-11-23-21(25)16-6-3-5-15(13-16)19-14-17(22)8-9-20(19)26-2/h3,5-6,8-9,13-14,18H,4,7,10-12H2,1-2H3,(H,23,25)/t18-/m0/s1. The molecule has 2 aromatic rings. The second-order valence-corrected chi connectivity index (χ2v) is 6.75. The van der Waals surface area contributed by atoms with Crippen LogP contribution in [0.1, 0.15) is 29.6 Å². The SMILES string of the molecule is COc1ccc(F)cc1-c1cccc(C(=O)NCC[C@@H]2CCCN2C)c1. The Balaban J connectivity index is 1.69. The van der Waals surface area contributed by atoms with Crippen LogP contribution in [0.25, 0.3) is 11.1 Å². The summed E-state index contributed by atoms with van der Waals surface area (Å²) in [6.07, 6.45) is 3.38. The zero-order valence-electron chi connectivity index (χ0n) is 15.3. The van der Waals surface area contributed by atoms with Crippen LogP contribution in [0.3, 0.4) is 0 Å². The molecule has 3 rings (SSSR count). The zero-order valence-corrected chi connectivity index (χ0v) is 15.3. The number of nitrogens with one attached hydrogen (secondary N) is 1. The summed E-state index contributed by atoms with van der Waals surface area (Å²) < 4.78 is 19.0. The molecule has 0 spiro atoms. The van der Waals surface area contributed by atoms with Crippen molar-refractivity contribution in [2.24, 2.45) is 0 Å². The van der Waals surface area contributed by atoms with Gasteiger partial charge in [-0.05, 0) is 68.8 Å². The Bertz CT molecular complexity index is 778. The number of hydrogen-bond donors (Lipinski definition) is 1. The van der Waals surface area contributed by atoms with Crippen LogP contribution in [0.4, 0.5) is 4.39 Å². The van der Waals surface area contributed by atoms with E-state index in [-0.39, 0.29) is 11.7 Å². The van der Waals surface area contributed by atoms with Crippen LogP contribution < -0.4 is 10.1 Å². The smallest absolute Gasteiger partial charge is 0.251 e. The van der Waals surface area contributed by atoms with Gasteiger partial charge in [-0.25, -0.2) is 4.39 Å². The summed E-state index contributed by atoms with van der Waals surface area (Å²) in [6, 6.07) is 12.1. The lowest BCUT2D eigenvalue weighted by atomic mass is 10.0. The van der Waals surface area contributed by atoms with E-state index in [0.717, 1.165) is 18.5 Å². The molecule has 1 fully saturated rings. The summed E-state index contributed by atoms with van der Waals surface area (Å²) >= 11 is 0. The van der Waals surface area contributed by atoms with E-state index in [1.54, 1.807) is 31.4 Å². The highest BCUT2D eigenvalue weighted by atomic mass is 19.1. The van der Waals surface area contributed by atoms with Crippen LogP contribution in [-0.4, -0.2) is 44.1 Å². The van der Waals surface area contributed by atoms with Gasteiger partial charge in [-0.2, -0.15) is 0 Å². The summed E-state index contributed by atoms with van der Waals surface area (Å²) in [4.78, 5) is 14.8. The largest absolute Gasteiger partial charge is 0.496 e. The average Bonchev–Trinajstić information content (AvgIpc) is 3.06. The Labute approximate surface area is 154 Å². The number of carbonyl (C=O) groups is 1. The maximum Gasteiger partial charge on any atom is 0.251 e. The number of hydrogen-bond acceptors (Lipinski definition) is 3. The van der Waals surface area contributed by atoms with Crippen molar-refractivity contribution in [3.63, 3.8) is 0 Å². The Morgan fingerprint density at radius 3 is 2.88 bits per heavy atom. The molecule has 0 saturated carbocycles. The van der Waals surface area contributed by atoms with Crippen LogP contribution in [0.15, 0.2) is 42.5 Å². The first-order chi connectivity index (χ1) is 12.6. The summed E-state index contributed by atoms with van der Waals surface area (Å²) in [5, 5.41) is 2.99. The number of rotatable bonds is 6. The van der Waals surface area contributed by atoms with Crippen LogP contribution >= 0.6 is 0 Å². The van der Waals surface area contributed by atoms with Gasteiger partial charge in [0.2, 0.25) is 0 Å². The molecule has 0 aromatic heterocycles. The van der Waals surface area contributed by atoms with Gasteiger partial charge >= 0.3 is 0 Å². The van der Waals surface area contributed by atoms with Gasteiger partial charge in [0, 0.05) is 23.7 Å². The fourth-order valence-electron chi connectivity index (χ4n) is 3.53. The number of halogens is 1. The predicted molar refractivity (Wildman–Crippen MR) is 101 cm³/mol. The molecule has 1 aliphatic rings. The molecule has 5 heteroatoms. The third kappa shape index (κ3) is 4.22. The van der Waals surface area contributed by atoms with E-state index in [2.05, 4.69) is 17.3 Å². The molecule has 1 saturated heterocycles. The van der Waals surface area contributed by atoms with Crippen molar-refractivity contribution in [3.8, 4) is 16.9 Å². The highest BCUT2D eigenvalue weighted by molar-refractivity contribution is 5.95. The highest BCUT2D eigenvalue weighted by Crippen LogP contribution is 2.31. The van der Waals surface area contributed by atoms with Gasteiger partial charge in [-0.15, -0.1) is 0 Å². The topological polar surface area (TPSA) is 41.6 Å². The molecule has 0 bridgehead atoms. The first-order valence-electron chi connectivity index (χ1n) is 9.01. The first kappa shape index (κ1) is 18.4. The number of carbonyl (C=O) groups excluding carboxylic acids is 1. The second kappa shape index (κ2) is 8.32. The van der Waals surface area contributed by atoms with Crippen molar-refractivity contribution < 1.29 is 13.9 Å². The third-order valence-electron chi connectivity index (χ3n) is 5.03. The van der Waals surface area contributed by atoms with Gasteiger partial charge in [-0.3, -0.25) is 4.79 Å². The number of methoxy groups -OCH3 is 1. The molecular formula is C21H25FN2O2. The number of nitrogens with zero attached hydrogens (tertiary/aromatic N) is 1. The number of amides is 1. The normalized spacial score (nSPS) is 17.3. The monoisotopic (exact) mass is 356 g/mol. The van der Waals surface area contributed by atoms with E-state index >= 15 is 0 Å². The fourth-order valence-corrected chi connectivity index (χ4v) is 3.53. The van der Waals surface area contributed by atoms with Gasteiger partial charge in [0.25, 0.3) is 5.91 Å². The molecular weight excluding hydrogens is 331 g/mol. The molecule has 138 valence electrons. The minimum absolute atomic E-state index is 0.108. The van der Waals surface area contributed by atoms with Gasteiger partial charge in [0.05, 0.1) is 7.11 Å². The summed E-state index contributed by atoms with van der Waals surface area (Å²) in [5.74, 6) is 0.132. The summed E-state index contributed by atoms with van der Waals surface area (Å²) in [7, 11) is 3.68. The Hall–Kier alpha value is -2.40. The lowest BCUT2D eigenvalue weighted by molar-refractivity contribution is 0.0950. The molecule has 26 heavy (non-hydrogen) atoms. The quantitative estimate of drug-likeness (QED) is 0.858. The van der Waals surface area contributed by atoms with Gasteiger partial charge < -0.3 is 15.0 Å². The molecule has 1 aliphatic heterocycles. The van der Waals surface area contributed by atoms with Crippen molar-refractivity contribution in [2.45, 2.75) is 25.3 Å². The van der Waals surface area contributed by atoms with E-state index < -0.39 is 0 Å². The molecule has 4 nitrogen and oxygen atoms in total. The molecule has 1 amide bonds. The third-order valence-corrected chi connectivity index (χ3v) is 5.03. The molecule has 2 aromatic carbocycles. The van der Waals surface area contributed by atoms with E-state index in [1.165, 1.54) is 25.0 Å². The fraction of sp³-hybridized carbons (Fsp3) is 0.381. The lowest BCUT2D eigenvalue weighted by Gasteiger charge is -2.19. The Morgan fingerprint density at radius 2 is 2.15 bits per heavy atom. The van der Waals surface area contributed by atoms with Crippen molar-refractivity contribution in [1.29, 1.82) is 0 Å². The molecule has 0 radical (unpaired) electrons. The van der Waals surface area contributed by atoms with Crippen LogP contribution in [-0.2, 0) is 0 Å². The Kier molecular flexibility index (Phi) is 5.89. The molecule has 0 aliphatic carbocycles. The van der Waals surface area contributed by atoms with Crippen LogP contribution in [0, 0.1) is 5.82 Å². The van der Waals surface area contributed by atoms with Crippen LogP contribution in [0.5, 0.6) is 5.75 Å². The molecule has 1 N–H and O–H groups in total. The molecule has 0 unspecified atom stereocenters. The number of benzene rings is 2. The maximum atomic E-state index is 13.6. The second-order valence-electron chi connectivity index (χ2n) is 6.75. The minimum atomic E-state index is -0.337. The lowest BCUT2D eigenvalue weighted by Crippen LogP contribution is -2.31. The average molecular weight is 356 g/mol. The van der Waals surface area contributed by atoms with Crippen molar-refractivity contribution in [1.82, 2.24) is 10.2 Å². The maximum absolute atomic E-state index is 13.6. The van der Waals surface area contributed by atoms with Crippen LogP contribution in [0.2, 0.25) is 0 Å². The first-order valence-corrected chi connectivity index (χ1v) is 9.01. The number of ether oxygens (including phenoxy) is 1. The van der Waals surface area contributed by atoms with E-state index in [9.17, 15) is 9.18 Å². The predicted octanol–water partition coefficient (Wildman–Crippen LogP) is 3.72. The molecule has 1 atom stereocenters. The van der Waals surface area contributed by atoms with Gasteiger partial charge in [0.1, 0.15) is 11.6 Å². The zero-order chi connectivity index (χ0) is 18.5. The summed E-state index contributed by atoms with van der Waals surface area (Å²) in [5.41, 5.74) is 1.95. The van der Waals surface area contributed by atoms with E-state index in [4.69, 9.17) is 4.74 Å². The van der Waals surface area contributed by atoms with Crippen molar-refractivity contribution in [2.75, 3.05) is 27.2 Å². The van der Waals surface area contributed by atoms with Gasteiger partial charge in [-0.1, -0.05) is 12.1 Å². The number of likely N-dealkylation sites (tertiary alicyclic amines) is 1. The van der Waals surface area contributed by atoms with E-state index in [1.807, 2.05) is 6.07 Å². The highest BCUT2D eigenvalue weighted by Gasteiger charge is 2.20. The van der Waals surface area contributed by atoms with Crippen molar-refractivity contribution in [3.05, 3.63) is 53.8 Å². The van der Waals surface area contributed by atoms with Crippen molar-refractivity contribution >= 4 is 5.91 Å². The van der Waals surface area contributed by atoms with Gasteiger partial charge in [0.15, 0.2) is 0 Å². The van der Waals surface area contributed by atoms with E-state index in [0.29, 0.717) is 29.5 Å². The molecule has 1 heterocycles. The summed E-state index contributed by atoms with van der Waals surface area (Å²) in [6.45, 7) is 1.79.